The molecule has 3 fully saturated rings. The summed E-state index contributed by atoms with van der Waals surface area (Å²) in [4.78, 5) is 0. The molecular weight excluding hydrogens is 321 g/mol. The molecule has 24 heavy (non-hydrogen) atoms. The Bertz CT molecular complexity index is 571. The lowest BCUT2D eigenvalue weighted by Crippen LogP contribution is -2.36. The van der Waals surface area contributed by atoms with E-state index in [2.05, 4.69) is 55.8 Å². The highest BCUT2D eigenvalue weighted by Gasteiger charge is 2.55. The van der Waals surface area contributed by atoms with Crippen LogP contribution in [0.3, 0.4) is 0 Å². The Balaban J connectivity index is 1.55. The summed E-state index contributed by atoms with van der Waals surface area (Å²) in [5.74, 6) is 0. The first-order valence-corrected chi connectivity index (χ1v) is 10.4. The van der Waals surface area contributed by atoms with E-state index >= 15 is 0 Å². The van der Waals surface area contributed by atoms with E-state index in [4.69, 9.17) is 13.8 Å². The van der Waals surface area contributed by atoms with Gasteiger partial charge in [0, 0.05) is 13.0 Å². The molecule has 4 rings (SSSR count). The second-order valence-electron chi connectivity index (χ2n) is 7.40. The van der Waals surface area contributed by atoms with E-state index in [1.807, 2.05) is 0 Å². The summed E-state index contributed by atoms with van der Waals surface area (Å²) >= 11 is 0. The number of rotatable bonds is 4. The van der Waals surface area contributed by atoms with Crippen molar-refractivity contribution < 1.29 is 13.8 Å². The monoisotopic (exact) mass is 349 g/mol. The van der Waals surface area contributed by atoms with Crippen molar-refractivity contribution in [1.29, 1.82) is 0 Å². The maximum Gasteiger partial charge on any atom is 0.260 e. The van der Waals surface area contributed by atoms with E-state index in [1.54, 1.807) is 0 Å². The van der Waals surface area contributed by atoms with Gasteiger partial charge in [-0.25, -0.2) is 4.67 Å². The van der Waals surface area contributed by atoms with Crippen LogP contribution in [0.1, 0.15) is 52.0 Å². The Labute approximate surface area is 146 Å². The fraction of sp³-hybridized carbons (Fsp3) is 0.684. The van der Waals surface area contributed by atoms with Gasteiger partial charge in [-0.3, -0.25) is 0 Å². The van der Waals surface area contributed by atoms with Gasteiger partial charge in [0.2, 0.25) is 0 Å². The maximum atomic E-state index is 6.60. The van der Waals surface area contributed by atoms with Crippen LogP contribution in [0.4, 0.5) is 0 Å². The molecule has 1 aromatic rings. The first kappa shape index (κ1) is 16.9. The molecule has 0 saturated carbocycles. The van der Waals surface area contributed by atoms with E-state index in [0.717, 1.165) is 19.4 Å². The zero-order valence-electron chi connectivity index (χ0n) is 14.9. The molecule has 3 heterocycles. The third-order valence-electron chi connectivity index (χ3n) is 5.70. The molecule has 0 aliphatic carbocycles. The van der Waals surface area contributed by atoms with Gasteiger partial charge in [-0.15, -0.1) is 0 Å². The molecule has 1 aromatic carbocycles. The predicted octanol–water partition coefficient (Wildman–Crippen LogP) is 4.60. The number of nitrogens with zero attached hydrogens (tertiary/aromatic N) is 1. The molecule has 132 valence electrons. The highest BCUT2D eigenvalue weighted by Crippen LogP contribution is 2.63. The van der Waals surface area contributed by atoms with Crippen LogP contribution in [-0.4, -0.2) is 35.6 Å². The van der Waals surface area contributed by atoms with E-state index in [0.29, 0.717) is 6.04 Å². The normalized spacial score (nSPS) is 42.5. The summed E-state index contributed by atoms with van der Waals surface area (Å²) in [6.45, 7) is 7.64. The first-order chi connectivity index (χ1) is 11.6. The largest absolute Gasteiger partial charge is 0.372 e. The molecule has 0 spiro atoms. The number of fused-ring (bicyclic) bond motifs is 1. The number of ether oxygens (including phenoxy) is 1. The smallest absolute Gasteiger partial charge is 0.260 e. The third-order valence-corrected chi connectivity index (χ3v) is 7.58. The molecule has 0 N–H and O–H groups in total. The number of hydrogen-bond donors (Lipinski definition) is 0. The fourth-order valence-electron chi connectivity index (χ4n) is 4.38. The molecule has 0 aromatic heterocycles. The van der Waals surface area contributed by atoms with Gasteiger partial charge in [-0.1, -0.05) is 37.3 Å². The molecule has 3 saturated heterocycles. The van der Waals surface area contributed by atoms with Crippen LogP contribution in [0, 0.1) is 0 Å². The van der Waals surface area contributed by atoms with Gasteiger partial charge in [0.05, 0.1) is 24.4 Å². The zero-order valence-corrected chi connectivity index (χ0v) is 15.7. The van der Waals surface area contributed by atoms with Gasteiger partial charge >= 0.3 is 0 Å². The maximum absolute atomic E-state index is 6.60. The zero-order chi connectivity index (χ0) is 16.7. The predicted molar refractivity (Wildman–Crippen MR) is 95.6 cm³/mol. The van der Waals surface area contributed by atoms with Gasteiger partial charge in [-0.05, 0) is 38.7 Å². The molecule has 0 amide bonds. The van der Waals surface area contributed by atoms with Crippen LogP contribution in [0.15, 0.2) is 30.3 Å². The summed E-state index contributed by atoms with van der Waals surface area (Å²) in [5.41, 5.74) is 0.995. The van der Waals surface area contributed by atoms with Gasteiger partial charge in [0.15, 0.2) is 0 Å². The lowest BCUT2D eigenvalue weighted by Gasteiger charge is -2.29. The number of benzene rings is 1. The SMILES string of the molecule is CC[C@H]1O[C@@H](C)C[C@H]1O[P@]1O[C@@](C)(c2ccccc2)[C@H]2CCCN21. The van der Waals surface area contributed by atoms with Crippen molar-refractivity contribution in [2.45, 2.75) is 76.4 Å². The first-order valence-electron chi connectivity index (χ1n) is 9.25. The average molecular weight is 349 g/mol. The minimum atomic E-state index is -1.01. The topological polar surface area (TPSA) is 30.9 Å². The summed E-state index contributed by atoms with van der Waals surface area (Å²) < 4.78 is 21.6. The Morgan fingerprint density at radius 2 is 2.12 bits per heavy atom. The van der Waals surface area contributed by atoms with Gasteiger partial charge in [0.1, 0.15) is 5.60 Å². The van der Waals surface area contributed by atoms with E-state index in [1.165, 1.54) is 18.4 Å². The van der Waals surface area contributed by atoms with Crippen molar-refractivity contribution in [2.75, 3.05) is 6.54 Å². The molecule has 6 atom stereocenters. The molecular formula is C19H28NO3P. The number of hydrogen-bond acceptors (Lipinski definition) is 4. The molecule has 3 aliphatic rings. The fourth-order valence-corrected chi connectivity index (χ4v) is 6.53. The second kappa shape index (κ2) is 6.66. The van der Waals surface area contributed by atoms with Crippen LogP contribution >= 0.6 is 8.53 Å². The van der Waals surface area contributed by atoms with Gasteiger partial charge < -0.3 is 13.8 Å². The van der Waals surface area contributed by atoms with Gasteiger partial charge in [0.25, 0.3) is 8.53 Å². The van der Waals surface area contributed by atoms with Crippen molar-refractivity contribution in [3.63, 3.8) is 0 Å². The lowest BCUT2D eigenvalue weighted by molar-refractivity contribution is 0.0158. The molecule has 3 aliphatic heterocycles. The quantitative estimate of drug-likeness (QED) is 0.744. The molecule has 4 nitrogen and oxygen atoms in total. The Morgan fingerprint density at radius 1 is 1.33 bits per heavy atom. The van der Waals surface area contributed by atoms with Crippen molar-refractivity contribution in [1.82, 2.24) is 4.67 Å². The Hall–Kier alpha value is -0.510. The van der Waals surface area contributed by atoms with E-state index < -0.39 is 8.53 Å². The third kappa shape index (κ3) is 2.83. The van der Waals surface area contributed by atoms with Crippen LogP contribution < -0.4 is 0 Å². The van der Waals surface area contributed by atoms with Crippen molar-refractivity contribution >= 4 is 8.53 Å². The summed E-state index contributed by atoms with van der Waals surface area (Å²) in [5, 5.41) is 0. The van der Waals surface area contributed by atoms with Crippen molar-refractivity contribution in [3.05, 3.63) is 35.9 Å². The standard InChI is InChI=1S/C19H28NO3P/c1-4-16-17(13-14(2)21-16)22-24-20-12-8-11-18(20)19(3,23-24)15-9-6-5-7-10-15/h5-7,9-10,14,16-18H,4,8,11-13H2,1-3H3/t14-,16+,17+,18+,19-,24+/m0/s1. The highest BCUT2D eigenvalue weighted by molar-refractivity contribution is 7.45. The van der Waals surface area contributed by atoms with Crippen molar-refractivity contribution in [2.24, 2.45) is 0 Å². The van der Waals surface area contributed by atoms with Crippen LogP contribution in [0.5, 0.6) is 0 Å². The van der Waals surface area contributed by atoms with Crippen LogP contribution in [0.2, 0.25) is 0 Å². The van der Waals surface area contributed by atoms with Gasteiger partial charge in [-0.2, -0.15) is 0 Å². The summed E-state index contributed by atoms with van der Waals surface area (Å²) in [7, 11) is -1.01. The lowest BCUT2D eigenvalue weighted by atomic mass is 9.87. The highest BCUT2D eigenvalue weighted by atomic mass is 31.2. The Morgan fingerprint density at radius 3 is 2.88 bits per heavy atom. The molecule has 0 bridgehead atoms. The summed E-state index contributed by atoms with van der Waals surface area (Å²) in [6, 6.07) is 11.1. The average Bonchev–Trinajstić information content (AvgIpc) is 3.26. The summed E-state index contributed by atoms with van der Waals surface area (Å²) in [6.07, 6.45) is 5.04. The van der Waals surface area contributed by atoms with Crippen LogP contribution in [0.25, 0.3) is 0 Å². The Kier molecular flexibility index (Phi) is 4.70. The minimum absolute atomic E-state index is 0.162. The van der Waals surface area contributed by atoms with E-state index in [-0.39, 0.29) is 23.9 Å². The molecule has 0 unspecified atom stereocenters. The molecule has 0 radical (unpaired) electrons. The van der Waals surface area contributed by atoms with E-state index in [9.17, 15) is 0 Å². The minimum Gasteiger partial charge on any atom is -0.372 e. The van der Waals surface area contributed by atoms with Crippen LogP contribution in [-0.2, 0) is 19.4 Å². The molecule has 5 heteroatoms. The van der Waals surface area contributed by atoms with Crippen molar-refractivity contribution in [3.8, 4) is 0 Å². The second-order valence-corrected chi connectivity index (χ2v) is 8.78.